The van der Waals surface area contributed by atoms with Crippen molar-refractivity contribution in [2.75, 3.05) is 0 Å². The van der Waals surface area contributed by atoms with E-state index in [0.29, 0.717) is 22.7 Å². The zero-order valence-electron chi connectivity index (χ0n) is 17.9. The van der Waals surface area contributed by atoms with Gasteiger partial charge in [0.1, 0.15) is 5.75 Å². The molecule has 4 rings (SSSR count). The number of benzene rings is 3. The average molecular weight is 497 g/mol. The van der Waals surface area contributed by atoms with E-state index in [4.69, 9.17) is 16.7 Å². The zero-order chi connectivity index (χ0) is 25.2. The fraction of sp³-hybridized carbons (Fsp3) is 0.0769. The Bertz CT molecular complexity index is 1470. The van der Waals surface area contributed by atoms with E-state index in [-0.39, 0.29) is 11.3 Å². The molecule has 0 aliphatic rings. The first kappa shape index (κ1) is 23.9. The maximum absolute atomic E-state index is 12.4. The number of ether oxygens (including phenoxy) is 1. The van der Waals surface area contributed by atoms with Gasteiger partial charge in [-0.15, -0.1) is 13.2 Å². The molecule has 1 N–H and O–H groups in total. The molecule has 0 saturated carbocycles. The normalized spacial score (nSPS) is 11.9. The number of fused-ring (bicyclic) bond motifs is 1. The van der Waals surface area contributed by atoms with Crippen LogP contribution in [0.15, 0.2) is 72.9 Å². The van der Waals surface area contributed by atoms with E-state index in [0.717, 1.165) is 22.0 Å². The molecule has 0 unspecified atom stereocenters. The molecule has 0 atom stereocenters. The number of aromatic nitrogens is 1. The lowest BCUT2D eigenvalue weighted by Gasteiger charge is -2.10. The van der Waals surface area contributed by atoms with Crippen molar-refractivity contribution in [1.82, 2.24) is 4.57 Å². The van der Waals surface area contributed by atoms with Crippen LogP contribution in [0, 0.1) is 11.3 Å². The number of carboxylic acid groups (broad SMARTS) is 1. The molecular weight excluding hydrogens is 481 g/mol. The number of alkyl halides is 3. The number of rotatable bonds is 6. The molecule has 1 heterocycles. The van der Waals surface area contributed by atoms with Crippen LogP contribution in [0.3, 0.4) is 0 Å². The van der Waals surface area contributed by atoms with Gasteiger partial charge in [0.15, 0.2) is 0 Å². The molecular formula is C26H16ClF3N2O3. The third-order valence-electron chi connectivity index (χ3n) is 5.25. The lowest BCUT2D eigenvalue weighted by Crippen LogP contribution is -2.17. The molecule has 35 heavy (non-hydrogen) atoms. The van der Waals surface area contributed by atoms with Crippen LogP contribution in [0.25, 0.3) is 22.6 Å². The van der Waals surface area contributed by atoms with Gasteiger partial charge in [0.2, 0.25) is 0 Å². The monoisotopic (exact) mass is 496 g/mol. The zero-order valence-corrected chi connectivity index (χ0v) is 18.6. The van der Waals surface area contributed by atoms with E-state index in [1.165, 1.54) is 36.4 Å². The predicted molar refractivity (Wildman–Crippen MR) is 126 cm³/mol. The molecule has 0 spiro atoms. The molecule has 3 aromatic carbocycles. The van der Waals surface area contributed by atoms with Gasteiger partial charge in [-0.1, -0.05) is 41.9 Å². The number of carbonyl (C=O) groups is 1. The molecule has 5 nitrogen and oxygen atoms in total. The molecule has 9 heteroatoms. The Balaban J connectivity index is 1.70. The minimum absolute atomic E-state index is 0.115. The molecule has 4 aromatic rings. The molecule has 1 aromatic heterocycles. The number of nitriles is 1. The van der Waals surface area contributed by atoms with E-state index in [2.05, 4.69) is 10.8 Å². The van der Waals surface area contributed by atoms with E-state index in [9.17, 15) is 23.2 Å². The largest absolute Gasteiger partial charge is 0.573 e. The quantitative estimate of drug-likeness (QED) is 0.291. The summed E-state index contributed by atoms with van der Waals surface area (Å²) in [6, 6.07) is 19.0. The third-order valence-corrected chi connectivity index (χ3v) is 5.48. The highest BCUT2D eigenvalue weighted by molar-refractivity contribution is 6.31. The summed E-state index contributed by atoms with van der Waals surface area (Å²) in [5, 5.41) is 20.1. The van der Waals surface area contributed by atoms with Gasteiger partial charge in [-0.25, -0.2) is 4.79 Å². The summed E-state index contributed by atoms with van der Waals surface area (Å²) in [5.74, 6) is -1.37. The third kappa shape index (κ3) is 5.65. The topological polar surface area (TPSA) is 75.2 Å². The first-order valence-corrected chi connectivity index (χ1v) is 10.6. The Morgan fingerprint density at radius 2 is 1.71 bits per heavy atom. The summed E-state index contributed by atoms with van der Waals surface area (Å²) in [5.41, 5.74) is 3.25. The first-order chi connectivity index (χ1) is 16.6. The maximum Gasteiger partial charge on any atom is 0.573 e. The molecule has 0 aliphatic carbocycles. The van der Waals surface area contributed by atoms with Gasteiger partial charge in [0.05, 0.1) is 22.7 Å². The number of allylic oxidation sites excluding steroid dienone is 1. The Morgan fingerprint density at radius 3 is 2.31 bits per heavy atom. The van der Waals surface area contributed by atoms with E-state index in [1.54, 1.807) is 30.3 Å². The minimum atomic E-state index is -4.76. The fourth-order valence-electron chi connectivity index (χ4n) is 3.66. The summed E-state index contributed by atoms with van der Waals surface area (Å²) in [4.78, 5) is 11.1. The van der Waals surface area contributed by atoms with Gasteiger partial charge >= 0.3 is 12.3 Å². The smallest absolute Gasteiger partial charge is 0.478 e. The van der Waals surface area contributed by atoms with Gasteiger partial charge in [0.25, 0.3) is 0 Å². The van der Waals surface area contributed by atoms with Crippen LogP contribution in [0.5, 0.6) is 5.75 Å². The number of nitrogens with zero attached hydrogens (tertiary/aromatic N) is 2. The van der Waals surface area contributed by atoms with Crippen molar-refractivity contribution in [3.8, 4) is 11.8 Å². The minimum Gasteiger partial charge on any atom is -0.478 e. The van der Waals surface area contributed by atoms with Crippen molar-refractivity contribution >= 4 is 40.1 Å². The van der Waals surface area contributed by atoms with E-state index in [1.807, 2.05) is 16.8 Å². The first-order valence-electron chi connectivity index (χ1n) is 10.2. The predicted octanol–water partition coefficient (Wildman–Crippen LogP) is 7.00. The van der Waals surface area contributed by atoms with Gasteiger partial charge in [-0.3, -0.25) is 0 Å². The number of hydrogen-bond donors (Lipinski definition) is 1. The Labute approximate surface area is 202 Å². The van der Waals surface area contributed by atoms with Crippen LogP contribution in [-0.2, 0) is 6.54 Å². The lowest BCUT2D eigenvalue weighted by atomic mass is 10.0. The fourth-order valence-corrected chi connectivity index (χ4v) is 3.83. The molecule has 0 fully saturated rings. The van der Waals surface area contributed by atoms with Crippen LogP contribution in [0.2, 0.25) is 5.02 Å². The van der Waals surface area contributed by atoms with Crippen molar-refractivity contribution in [2.24, 2.45) is 0 Å². The van der Waals surface area contributed by atoms with Crippen molar-refractivity contribution in [3.63, 3.8) is 0 Å². The van der Waals surface area contributed by atoms with Crippen LogP contribution in [0.1, 0.15) is 27.0 Å². The van der Waals surface area contributed by atoms with Crippen LogP contribution < -0.4 is 4.74 Å². The second-order valence-corrected chi connectivity index (χ2v) is 8.05. The number of halogens is 4. The molecule has 0 bridgehead atoms. The SMILES string of the molecule is N#C/C(=C\c1cn(Cc2ccc(OC(F)(F)F)cc2)c2cc(Cl)ccc12)c1ccc(C(=O)O)cc1. The highest BCUT2D eigenvalue weighted by atomic mass is 35.5. The molecule has 0 amide bonds. The van der Waals surface area contributed by atoms with Crippen LogP contribution in [-0.4, -0.2) is 22.0 Å². The Kier molecular flexibility index (Phi) is 6.54. The second kappa shape index (κ2) is 9.57. The standard InChI is InChI=1S/C26H16ClF3N2O3/c27-21-7-10-23-20(11-19(13-31)17-3-5-18(6-4-17)25(33)34)15-32(24(23)12-21)14-16-1-8-22(9-2-16)35-26(28,29)30/h1-12,15H,14H2,(H,33,34)/b19-11+. The maximum atomic E-state index is 12.4. The van der Waals surface area contributed by atoms with Gasteiger partial charge in [0, 0.05) is 28.7 Å². The van der Waals surface area contributed by atoms with E-state index >= 15 is 0 Å². The molecule has 0 saturated heterocycles. The van der Waals surface area contributed by atoms with Crippen molar-refractivity contribution in [2.45, 2.75) is 12.9 Å². The van der Waals surface area contributed by atoms with E-state index < -0.39 is 12.3 Å². The summed E-state index contributed by atoms with van der Waals surface area (Å²) >= 11 is 6.20. The summed E-state index contributed by atoms with van der Waals surface area (Å²) in [7, 11) is 0. The second-order valence-electron chi connectivity index (χ2n) is 7.62. The molecule has 0 aliphatic heterocycles. The lowest BCUT2D eigenvalue weighted by molar-refractivity contribution is -0.274. The number of carboxylic acids is 1. The Hall–Kier alpha value is -4.22. The highest BCUT2D eigenvalue weighted by Crippen LogP contribution is 2.30. The number of aromatic carboxylic acids is 1. The van der Waals surface area contributed by atoms with Gasteiger partial charge < -0.3 is 14.4 Å². The molecule has 176 valence electrons. The summed E-state index contributed by atoms with van der Waals surface area (Å²) in [6.45, 7) is 0.339. The number of hydrogen-bond acceptors (Lipinski definition) is 3. The summed E-state index contributed by atoms with van der Waals surface area (Å²) in [6.07, 6.45) is -1.24. The molecule has 0 radical (unpaired) electrons. The van der Waals surface area contributed by atoms with Gasteiger partial charge in [-0.05, 0) is 53.6 Å². The van der Waals surface area contributed by atoms with Crippen LogP contribution in [0.4, 0.5) is 13.2 Å². The highest BCUT2D eigenvalue weighted by Gasteiger charge is 2.30. The van der Waals surface area contributed by atoms with Crippen molar-refractivity contribution in [1.29, 1.82) is 5.26 Å². The van der Waals surface area contributed by atoms with Crippen LogP contribution >= 0.6 is 11.6 Å². The van der Waals surface area contributed by atoms with Crippen molar-refractivity contribution in [3.05, 3.63) is 100 Å². The van der Waals surface area contributed by atoms with Gasteiger partial charge in [-0.2, -0.15) is 5.26 Å². The van der Waals surface area contributed by atoms with Crippen molar-refractivity contribution < 1.29 is 27.8 Å². The average Bonchev–Trinajstić information content (AvgIpc) is 3.14. The Morgan fingerprint density at radius 1 is 1.06 bits per heavy atom. The summed E-state index contributed by atoms with van der Waals surface area (Å²) < 4.78 is 43.1.